The van der Waals surface area contributed by atoms with Gasteiger partial charge in [0, 0.05) is 11.3 Å². The number of ether oxygens (including phenoxy) is 2. The Morgan fingerprint density at radius 2 is 2.03 bits per heavy atom. The first-order valence-corrected chi connectivity index (χ1v) is 10.4. The molecule has 0 saturated heterocycles. The summed E-state index contributed by atoms with van der Waals surface area (Å²) in [6, 6.07) is 9.29. The van der Waals surface area contributed by atoms with Crippen molar-refractivity contribution < 1.29 is 19.1 Å². The van der Waals surface area contributed by atoms with Gasteiger partial charge in [-0.3, -0.25) is 4.79 Å². The number of carbonyl (C=O) groups is 2. The number of nitrogens with zero attached hydrogens (tertiary/aromatic N) is 2. The molecule has 0 bridgehead atoms. The van der Waals surface area contributed by atoms with Crippen molar-refractivity contribution in [2.45, 2.75) is 20.3 Å². The molecule has 6 nitrogen and oxygen atoms in total. The number of rotatable bonds is 7. The fourth-order valence-corrected chi connectivity index (χ4v) is 4.50. The summed E-state index contributed by atoms with van der Waals surface area (Å²) in [5, 5.41) is 18.9. The van der Waals surface area contributed by atoms with Crippen molar-refractivity contribution in [3.8, 4) is 17.9 Å². The molecule has 0 aliphatic carbocycles. The van der Waals surface area contributed by atoms with E-state index in [9.17, 15) is 20.1 Å². The van der Waals surface area contributed by atoms with Crippen LogP contribution >= 0.6 is 33.9 Å². The highest BCUT2D eigenvalue weighted by atomic mass is 127. The van der Waals surface area contributed by atoms with E-state index in [1.165, 1.54) is 6.08 Å². The van der Waals surface area contributed by atoms with Crippen LogP contribution in [0.5, 0.6) is 5.75 Å². The number of halogens is 1. The van der Waals surface area contributed by atoms with Crippen molar-refractivity contribution >= 4 is 51.8 Å². The molecule has 0 aliphatic heterocycles. The van der Waals surface area contributed by atoms with Gasteiger partial charge in [0.25, 0.3) is 0 Å². The molecule has 2 rings (SSSR count). The molecule has 0 atom stereocenters. The number of esters is 1. The van der Waals surface area contributed by atoms with Crippen molar-refractivity contribution in [1.82, 2.24) is 0 Å². The molecular weight excluding hydrogens is 503 g/mol. The summed E-state index contributed by atoms with van der Waals surface area (Å²) in [6.07, 6.45) is 1.36. The number of nitriles is 2. The number of Topliss-reactive ketones (excluding diaryl/α,β-unsaturated/α-hetero) is 1. The van der Waals surface area contributed by atoms with E-state index in [4.69, 9.17) is 9.47 Å². The Morgan fingerprint density at radius 3 is 2.59 bits per heavy atom. The normalized spacial score (nSPS) is 10.8. The van der Waals surface area contributed by atoms with Crippen LogP contribution in [-0.4, -0.2) is 25.5 Å². The molecular formula is C21H17IN2O4S. The zero-order valence-electron chi connectivity index (χ0n) is 16.0. The zero-order chi connectivity index (χ0) is 21.6. The lowest BCUT2D eigenvalue weighted by Crippen LogP contribution is -2.05. The van der Waals surface area contributed by atoms with E-state index in [0.717, 1.165) is 14.9 Å². The quantitative estimate of drug-likeness (QED) is 0.232. The largest absolute Gasteiger partial charge is 0.496 e. The predicted molar refractivity (Wildman–Crippen MR) is 118 cm³/mol. The molecule has 0 fully saturated rings. The molecule has 0 unspecified atom stereocenters. The summed E-state index contributed by atoms with van der Waals surface area (Å²) < 4.78 is 11.1. The van der Waals surface area contributed by atoms with Crippen LogP contribution in [0.2, 0.25) is 0 Å². The third-order valence-corrected chi connectivity index (χ3v) is 6.14. The van der Waals surface area contributed by atoms with Gasteiger partial charge in [0.15, 0.2) is 5.78 Å². The first kappa shape index (κ1) is 22.6. The van der Waals surface area contributed by atoms with Crippen LogP contribution in [0.3, 0.4) is 0 Å². The second-order valence-corrected chi connectivity index (χ2v) is 8.12. The lowest BCUT2D eigenvalue weighted by Gasteiger charge is -2.04. The van der Waals surface area contributed by atoms with Gasteiger partial charge in [-0.25, -0.2) is 4.79 Å². The summed E-state index contributed by atoms with van der Waals surface area (Å²) in [4.78, 5) is 25.5. The van der Waals surface area contributed by atoms with E-state index in [2.05, 4.69) is 22.6 Å². The van der Waals surface area contributed by atoms with Crippen molar-refractivity contribution in [2.75, 3.05) is 13.7 Å². The Labute approximate surface area is 186 Å². The van der Waals surface area contributed by atoms with Crippen LogP contribution in [0.1, 0.15) is 38.2 Å². The number of methoxy groups -OCH3 is 1. The van der Waals surface area contributed by atoms with E-state index in [0.29, 0.717) is 26.6 Å². The van der Waals surface area contributed by atoms with Gasteiger partial charge in [0.05, 0.1) is 28.4 Å². The van der Waals surface area contributed by atoms with E-state index in [1.807, 2.05) is 12.1 Å². The molecule has 1 aromatic carbocycles. The van der Waals surface area contributed by atoms with Crippen molar-refractivity contribution in [1.29, 1.82) is 10.5 Å². The van der Waals surface area contributed by atoms with Gasteiger partial charge in [-0.15, -0.1) is 11.3 Å². The molecule has 1 aromatic heterocycles. The van der Waals surface area contributed by atoms with Crippen LogP contribution < -0.4 is 4.74 Å². The van der Waals surface area contributed by atoms with Crippen molar-refractivity contribution in [3.63, 3.8) is 0 Å². The minimum Gasteiger partial charge on any atom is -0.496 e. The summed E-state index contributed by atoms with van der Waals surface area (Å²) in [7, 11) is 1.57. The second-order valence-electron chi connectivity index (χ2n) is 5.85. The topological polar surface area (TPSA) is 100 Å². The smallest absolute Gasteiger partial charge is 0.348 e. The van der Waals surface area contributed by atoms with Gasteiger partial charge >= 0.3 is 5.97 Å². The fourth-order valence-electron chi connectivity index (χ4n) is 2.59. The lowest BCUT2D eigenvalue weighted by atomic mass is 10.0. The average molecular weight is 520 g/mol. The van der Waals surface area contributed by atoms with E-state index >= 15 is 0 Å². The van der Waals surface area contributed by atoms with Gasteiger partial charge in [-0.1, -0.05) is 6.07 Å². The maximum absolute atomic E-state index is 12.7. The Balaban J connectivity index is 2.34. The highest BCUT2D eigenvalue weighted by Crippen LogP contribution is 2.30. The summed E-state index contributed by atoms with van der Waals surface area (Å²) in [6.45, 7) is 3.56. The Hall–Kier alpha value is -2.69. The standard InChI is InChI=1S/C21H17IN2O4S/c1-4-28-21(26)20-12(2)15(11-24)19(29-20)9-17(25)14(10-23)7-13-5-6-18(27-3)16(22)8-13/h5-8H,4,9H2,1-3H3/b14-7+. The Kier molecular flexibility index (Phi) is 7.94. The molecule has 0 N–H and O–H groups in total. The van der Waals surface area contributed by atoms with Gasteiger partial charge in [-0.2, -0.15) is 10.5 Å². The van der Waals surface area contributed by atoms with Gasteiger partial charge < -0.3 is 9.47 Å². The minimum absolute atomic E-state index is 0.0291. The minimum atomic E-state index is -0.519. The molecule has 1 heterocycles. The maximum atomic E-state index is 12.7. The average Bonchev–Trinajstić information content (AvgIpc) is 3.01. The maximum Gasteiger partial charge on any atom is 0.348 e. The molecule has 0 radical (unpaired) electrons. The van der Waals surface area contributed by atoms with Crippen molar-refractivity contribution in [2.24, 2.45) is 0 Å². The van der Waals surface area contributed by atoms with Gasteiger partial charge in [0.2, 0.25) is 0 Å². The predicted octanol–water partition coefficient (Wildman–Crippen LogP) is 4.44. The molecule has 0 aliphatic rings. The van der Waals surface area contributed by atoms with Crippen LogP contribution in [0.25, 0.3) is 6.08 Å². The first-order valence-electron chi connectivity index (χ1n) is 8.54. The van der Waals surface area contributed by atoms with Gasteiger partial charge in [0.1, 0.15) is 22.8 Å². The van der Waals surface area contributed by atoms with Crippen LogP contribution in [0.4, 0.5) is 0 Å². The third-order valence-electron chi connectivity index (χ3n) is 4.02. The number of hydrogen-bond donors (Lipinski definition) is 0. The van der Waals surface area contributed by atoms with Crippen LogP contribution in [0, 0.1) is 33.2 Å². The monoisotopic (exact) mass is 520 g/mol. The van der Waals surface area contributed by atoms with Gasteiger partial charge in [-0.05, 0) is 65.8 Å². The number of thiophene rings is 1. The highest BCUT2D eigenvalue weighted by Gasteiger charge is 2.23. The number of ketones is 1. The van der Waals surface area contributed by atoms with Crippen LogP contribution in [-0.2, 0) is 16.0 Å². The number of allylic oxidation sites excluding steroid dienone is 1. The van der Waals surface area contributed by atoms with E-state index < -0.39 is 11.8 Å². The zero-order valence-corrected chi connectivity index (χ0v) is 19.0. The fraction of sp³-hybridized carbons (Fsp3) is 0.238. The number of benzene rings is 1. The molecule has 0 amide bonds. The summed E-state index contributed by atoms with van der Waals surface area (Å²) >= 11 is 3.17. The Bertz CT molecular complexity index is 1070. The van der Waals surface area contributed by atoms with Crippen molar-refractivity contribution in [3.05, 3.63) is 53.8 Å². The number of carbonyl (C=O) groups excluding carboxylic acids is 2. The molecule has 148 valence electrons. The molecule has 0 saturated carbocycles. The summed E-state index contributed by atoms with van der Waals surface area (Å²) in [5.74, 6) is -0.243. The molecule has 2 aromatic rings. The number of hydrogen-bond acceptors (Lipinski definition) is 7. The molecule has 8 heteroatoms. The highest BCUT2D eigenvalue weighted by molar-refractivity contribution is 14.1. The van der Waals surface area contributed by atoms with Crippen LogP contribution in [0.15, 0.2) is 23.8 Å². The molecule has 29 heavy (non-hydrogen) atoms. The van der Waals surface area contributed by atoms with E-state index in [-0.39, 0.29) is 24.2 Å². The Morgan fingerprint density at radius 1 is 1.31 bits per heavy atom. The first-order chi connectivity index (χ1) is 13.9. The molecule has 0 spiro atoms. The SMILES string of the molecule is CCOC(=O)c1sc(CC(=O)/C(C#N)=C/c2ccc(OC)c(I)c2)c(C#N)c1C. The summed E-state index contributed by atoms with van der Waals surface area (Å²) in [5.41, 5.74) is 1.43. The second kappa shape index (κ2) is 10.2. The third kappa shape index (κ3) is 5.22. The lowest BCUT2D eigenvalue weighted by molar-refractivity contribution is -0.114. The van der Waals surface area contributed by atoms with E-state index in [1.54, 1.807) is 39.2 Å².